The fraction of sp³-hybridized carbons (Fsp3) is 0.200. The lowest BCUT2D eigenvalue weighted by Gasteiger charge is -2.10. The van der Waals surface area contributed by atoms with Crippen molar-refractivity contribution >= 4 is 34.0 Å². The van der Waals surface area contributed by atoms with Crippen LogP contribution in [0.25, 0.3) is 0 Å². The molecule has 0 aliphatic rings. The zero-order valence-corrected chi connectivity index (χ0v) is 16.8. The van der Waals surface area contributed by atoms with Crippen molar-refractivity contribution in [2.75, 3.05) is 11.9 Å². The molecule has 0 bridgehead atoms. The van der Waals surface area contributed by atoms with Crippen molar-refractivity contribution in [3.8, 4) is 5.75 Å². The molecule has 1 aromatic heterocycles. The average Bonchev–Trinajstić information content (AvgIpc) is 3.00. The van der Waals surface area contributed by atoms with Gasteiger partial charge in [-0.2, -0.15) is 13.2 Å². The number of hydrogen-bond donors (Lipinski definition) is 1. The summed E-state index contributed by atoms with van der Waals surface area (Å²) < 4.78 is 44.2. The average molecular weight is 441 g/mol. The van der Waals surface area contributed by atoms with Crippen LogP contribution in [-0.2, 0) is 17.4 Å². The SMILES string of the molecule is Cc1nc(NC(=O)COc2ccccc2)sc1Cc1cc(C(F)(F)F)ccc1Cl. The summed E-state index contributed by atoms with van der Waals surface area (Å²) in [6, 6.07) is 12.1. The van der Waals surface area contributed by atoms with E-state index in [4.69, 9.17) is 16.3 Å². The van der Waals surface area contributed by atoms with E-state index >= 15 is 0 Å². The molecule has 3 aromatic rings. The Balaban J connectivity index is 1.67. The molecule has 9 heteroatoms. The minimum absolute atomic E-state index is 0.183. The van der Waals surface area contributed by atoms with E-state index in [2.05, 4.69) is 10.3 Å². The van der Waals surface area contributed by atoms with Crippen molar-refractivity contribution in [1.82, 2.24) is 4.98 Å². The van der Waals surface area contributed by atoms with Crippen LogP contribution in [0.1, 0.15) is 21.7 Å². The van der Waals surface area contributed by atoms with Crippen LogP contribution < -0.4 is 10.1 Å². The number of aromatic nitrogens is 1. The van der Waals surface area contributed by atoms with Gasteiger partial charge in [0.15, 0.2) is 11.7 Å². The second kappa shape index (κ2) is 8.84. The van der Waals surface area contributed by atoms with Crippen LogP contribution in [0, 0.1) is 6.92 Å². The molecule has 1 heterocycles. The first kappa shape index (κ1) is 21.1. The van der Waals surface area contributed by atoms with Crippen molar-refractivity contribution < 1.29 is 22.7 Å². The lowest BCUT2D eigenvalue weighted by molar-refractivity contribution is -0.137. The van der Waals surface area contributed by atoms with Gasteiger partial charge in [0.05, 0.1) is 11.3 Å². The number of benzene rings is 2. The highest BCUT2D eigenvalue weighted by Gasteiger charge is 2.31. The van der Waals surface area contributed by atoms with Crippen LogP contribution in [0.5, 0.6) is 5.75 Å². The summed E-state index contributed by atoms with van der Waals surface area (Å²) in [4.78, 5) is 17.0. The molecule has 4 nitrogen and oxygen atoms in total. The number of anilines is 1. The molecule has 1 N–H and O–H groups in total. The fourth-order valence-corrected chi connectivity index (χ4v) is 3.71. The molecule has 152 valence electrons. The van der Waals surface area contributed by atoms with E-state index in [0.29, 0.717) is 27.0 Å². The monoisotopic (exact) mass is 440 g/mol. The number of aryl methyl sites for hydroxylation is 1. The Morgan fingerprint density at radius 3 is 2.62 bits per heavy atom. The maximum atomic E-state index is 12.9. The molecular formula is C20H16ClF3N2O2S. The van der Waals surface area contributed by atoms with Crippen LogP contribution in [-0.4, -0.2) is 17.5 Å². The summed E-state index contributed by atoms with van der Waals surface area (Å²) in [6.07, 6.45) is -4.26. The van der Waals surface area contributed by atoms with Gasteiger partial charge < -0.3 is 4.74 Å². The Morgan fingerprint density at radius 1 is 1.21 bits per heavy atom. The molecule has 0 fully saturated rings. The second-order valence-electron chi connectivity index (χ2n) is 6.16. The normalized spacial score (nSPS) is 11.3. The van der Waals surface area contributed by atoms with Gasteiger partial charge in [-0.15, -0.1) is 11.3 Å². The number of para-hydroxylation sites is 1. The number of nitrogens with one attached hydrogen (secondary N) is 1. The Kier molecular flexibility index (Phi) is 6.44. The Hall–Kier alpha value is -2.58. The molecule has 0 radical (unpaired) electrons. The van der Waals surface area contributed by atoms with E-state index in [9.17, 15) is 18.0 Å². The summed E-state index contributed by atoms with van der Waals surface area (Å²) in [7, 11) is 0. The lowest BCUT2D eigenvalue weighted by Crippen LogP contribution is -2.20. The molecule has 1 amide bonds. The Morgan fingerprint density at radius 2 is 1.93 bits per heavy atom. The number of halogens is 4. The smallest absolute Gasteiger partial charge is 0.416 e. The molecule has 3 rings (SSSR count). The molecule has 0 atom stereocenters. The van der Waals surface area contributed by atoms with Gasteiger partial charge in [-0.1, -0.05) is 29.8 Å². The van der Waals surface area contributed by atoms with Gasteiger partial charge in [-0.25, -0.2) is 4.98 Å². The Bertz CT molecular complexity index is 1010. The molecule has 0 saturated carbocycles. The van der Waals surface area contributed by atoms with Gasteiger partial charge in [0, 0.05) is 16.3 Å². The highest BCUT2D eigenvalue weighted by Crippen LogP contribution is 2.34. The highest BCUT2D eigenvalue weighted by molar-refractivity contribution is 7.15. The van der Waals surface area contributed by atoms with Crippen molar-refractivity contribution in [2.24, 2.45) is 0 Å². The van der Waals surface area contributed by atoms with E-state index in [1.54, 1.807) is 31.2 Å². The molecular weight excluding hydrogens is 425 g/mol. The maximum absolute atomic E-state index is 12.9. The van der Waals surface area contributed by atoms with Crippen molar-refractivity contribution in [1.29, 1.82) is 0 Å². The van der Waals surface area contributed by atoms with Gasteiger partial charge in [-0.05, 0) is 42.8 Å². The van der Waals surface area contributed by atoms with Crippen LogP contribution in [0.15, 0.2) is 48.5 Å². The number of nitrogens with zero attached hydrogens (tertiary/aromatic N) is 1. The highest BCUT2D eigenvalue weighted by atomic mass is 35.5. The Labute approximate surface area is 174 Å². The van der Waals surface area contributed by atoms with Gasteiger partial charge in [0.25, 0.3) is 5.91 Å². The third kappa shape index (κ3) is 5.71. The first-order valence-corrected chi connectivity index (χ1v) is 9.71. The summed E-state index contributed by atoms with van der Waals surface area (Å²) in [5.74, 6) is 0.184. The molecule has 0 unspecified atom stereocenters. The summed E-state index contributed by atoms with van der Waals surface area (Å²) in [6.45, 7) is 1.54. The number of amides is 1. The summed E-state index contributed by atoms with van der Waals surface area (Å²) >= 11 is 7.26. The lowest BCUT2D eigenvalue weighted by atomic mass is 10.1. The van der Waals surface area contributed by atoms with E-state index in [1.165, 1.54) is 17.4 Å². The number of alkyl halides is 3. The van der Waals surface area contributed by atoms with Crippen LogP contribution in [0.4, 0.5) is 18.3 Å². The van der Waals surface area contributed by atoms with Crippen LogP contribution in [0.2, 0.25) is 5.02 Å². The van der Waals surface area contributed by atoms with Crippen molar-refractivity contribution in [3.05, 3.63) is 75.3 Å². The molecule has 0 aliphatic heterocycles. The van der Waals surface area contributed by atoms with E-state index in [0.717, 1.165) is 12.1 Å². The number of rotatable bonds is 6. The number of thiazole rings is 1. The third-order valence-corrected chi connectivity index (χ3v) is 5.42. The molecule has 0 spiro atoms. The predicted octanol–water partition coefficient (Wildman–Crippen LogP) is 5.73. The van der Waals surface area contributed by atoms with Gasteiger partial charge in [0.2, 0.25) is 0 Å². The van der Waals surface area contributed by atoms with Gasteiger partial charge >= 0.3 is 6.18 Å². The van der Waals surface area contributed by atoms with Crippen molar-refractivity contribution in [3.63, 3.8) is 0 Å². The number of carbonyl (C=O) groups is 1. The van der Waals surface area contributed by atoms with Gasteiger partial charge in [0.1, 0.15) is 5.75 Å². The molecule has 0 saturated heterocycles. The first-order chi connectivity index (χ1) is 13.7. The van der Waals surface area contributed by atoms with E-state index in [-0.39, 0.29) is 24.0 Å². The largest absolute Gasteiger partial charge is 0.484 e. The van der Waals surface area contributed by atoms with E-state index in [1.807, 2.05) is 6.07 Å². The molecule has 0 aliphatic carbocycles. The van der Waals surface area contributed by atoms with Gasteiger partial charge in [-0.3, -0.25) is 10.1 Å². The number of ether oxygens (including phenoxy) is 1. The zero-order valence-electron chi connectivity index (χ0n) is 15.2. The zero-order chi connectivity index (χ0) is 21.0. The minimum atomic E-state index is -4.44. The van der Waals surface area contributed by atoms with Crippen molar-refractivity contribution in [2.45, 2.75) is 19.5 Å². The number of hydrogen-bond acceptors (Lipinski definition) is 4. The first-order valence-electron chi connectivity index (χ1n) is 8.52. The maximum Gasteiger partial charge on any atom is 0.416 e. The third-order valence-electron chi connectivity index (χ3n) is 3.98. The van der Waals surface area contributed by atoms with Crippen LogP contribution in [0.3, 0.4) is 0 Å². The van der Waals surface area contributed by atoms with Crippen LogP contribution >= 0.6 is 22.9 Å². The minimum Gasteiger partial charge on any atom is -0.484 e. The standard InChI is InChI=1S/C20H16ClF3N2O2S/c1-12-17(10-13-9-14(20(22,23)24)7-8-16(13)21)29-19(25-12)26-18(27)11-28-15-5-3-2-4-6-15/h2-9H,10-11H2,1H3,(H,25,26,27). The second-order valence-corrected chi connectivity index (χ2v) is 7.65. The fourth-order valence-electron chi connectivity index (χ4n) is 2.53. The molecule has 29 heavy (non-hydrogen) atoms. The topological polar surface area (TPSA) is 51.2 Å². The molecule has 2 aromatic carbocycles. The summed E-state index contributed by atoms with van der Waals surface area (Å²) in [5, 5.41) is 3.23. The van der Waals surface area contributed by atoms with E-state index < -0.39 is 11.7 Å². The number of carbonyl (C=O) groups excluding carboxylic acids is 1. The summed E-state index contributed by atoms with van der Waals surface area (Å²) in [5.41, 5.74) is 0.201. The quantitative estimate of drug-likeness (QED) is 0.532. The predicted molar refractivity (Wildman–Crippen MR) is 107 cm³/mol.